The molecule has 0 bridgehead atoms. The lowest BCUT2D eigenvalue weighted by molar-refractivity contribution is -0.147. The molecule has 1 aliphatic rings. The fraction of sp³-hybridized carbons (Fsp3) is 0.517. The minimum Gasteiger partial charge on any atom is -0.494 e. The van der Waals surface area contributed by atoms with E-state index in [9.17, 15) is 9.59 Å². The van der Waals surface area contributed by atoms with Crippen LogP contribution in [0.4, 0.5) is 11.4 Å². The molecule has 0 aromatic heterocycles. The second-order valence-corrected chi connectivity index (χ2v) is 10.7. The molecule has 0 radical (unpaired) electrons. The van der Waals surface area contributed by atoms with Gasteiger partial charge in [0, 0.05) is 51.4 Å². The zero-order valence-corrected chi connectivity index (χ0v) is 24.1. The molecular weight excluding hydrogens is 525 g/mol. The Morgan fingerprint density at radius 1 is 1.11 bits per heavy atom. The van der Waals surface area contributed by atoms with E-state index in [-0.39, 0.29) is 18.6 Å². The number of hydrogen-bond acceptors (Lipinski definition) is 7. The van der Waals surface area contributed by atoms with Crippen LogP contribution in [-0.2, 0) is 20.7 Å². The van der Waals surface area contributed by atoms with Crippen LogP contribution in [0, 0.1) is 5.92 Å². The summed E-state index contributed by atoms with van der Waals surface area (Å²) in [6.45, 7) is 9.24. The topological polar surface area (TPSA) is 62.3 Å². The lowest BCUT2D eigenvalue weighted by Gasteiger charge is -2.36. The second-order valence-electron chi connectivity index (χ2n) is 9.90. The van der Waals surface area contributed by atoms with Gasteiger partial charge in [-0.05, 0) is 49.6 Å². The van der Waals surface area contributed by atoms with Crippen molar-refractivity contribution in [3.63, 3.8) is 0 Å². The monoisotopic (exact) mass is 563 g/mol. The van der Waals surface area contributed by atoms with E-state index >= 15 is 0 Å². The molecule has 3 rings (SSSR count). The first-order chi connectivity index (χ1) is 18.3. The number of carbonyl (C=O) groups is 2. The lowest BCUT2D eigenvalue weighted by atomic mass is 10.1. The number of benzene rings is 2. The van der Waals surface area contributed by atoms with Crippen molar-refractivity contribution in [2.24, 2.45) is 5.92 Å². The molecule has 1 aliphatic heterocycles. The van der Waals surface area contributed by atoms with Crippen molar-refractivity contribution in [2.45, 2.75) is 39.5 Å². The van der Waals surface area contributed by atoms with Crippen LogP contribution in [0.2, 0.25) is 10.0 Å². The van der Waals surface area contributed by atoms with Gasteiger partial charge in [-0.3, -0.25) is 9.69 Å². The number of nitrogens with zero attached hydrogens (tertiary/aromatic N) is 3. The Balaban J connectivity index is 1.44. The fourth-order valence-electron chi connectivity index (χ4n) is 4.39. The quantitative estimate of drug-likeness (QED) is 0.126. The Kier molecular flexibility index (Phi) is 12.0. The van der Waals surface area contributed by atoms with Crippen molar-refractivity contribution < 1.29 is 19.1 Å². The van der Waals surface area contributed by atoms with Crippen LogP contribution < -0.4 is 14.5 Å². The summed E-state index contributed by atoms with van der Waals surface area (Å²) in [7, 11) is 1.87. The number of aldehydes is 1. The van der Waals surface area contributed by atoms with Crippen LogP contribution in [0.15, 0.2) is 36.4 Å². The highest BCUT2D eigenvalue weighted by Crippen LogP contribution is 2.33. The summed E-state index contributed by atoms with van der Waals surface area (Å²) in [5.74, 6) is 0.343. The van der Waals surface area contributed by atoms with Crippen LogP contribution in [0.3, 0.4) is 0 Å². The van der Waals surface area contributed by atoms with Gasteiger partial charge in [-0.25, -0.2) is 0 Å². The summed E-state index contributed by atoms with van der Waals surface area (Å²) in [6, 6.07) is 11.7. The van der Waals surface area contributed by atoms with Gasteiger partial charge in [-0.1, -0.05) is 49.2 Å². The number of rotatable bonds is 14. The summed E-state index contributed by atoms with van der Waals surface area (Å²) >= 11 is 12.6. The van der Waals surface area contributed by atoms with Gasteiger partial charge in [0.1, 0.15) is 12.0 Å². The smallest absolute Gasteiger partial charge is 0.310 e. The molecule has 2 aromatic carbocycles. The van der Waals surface area contributed by atoms with Gasteiger partial charge in [0.2, 0.25) is 0 Å². The largest absolute Gasteiger partial charge is 0.494 e. The molecule has 2 aromatic rings. The van der Waals surface area contributed by atoms with Crippen LogP contribution in [0.25, 0.3) is 0 Å². The zero-order valence-electron chi connectivity index (χ0n) is 22.6. The molecule has 38 heavy (non-hydrogen) atoms. The number of anilines is 2. The third kappa shape index (κ3) is 8.79. The third-order valence-electron chi connectivity index (χ3n) is 6.65. The average molecular weight is 565 g/mol. The number of esters is 1. The minimum absolute atomic E-state index is 0.144. The maximum Gasteiger partial charge on any atom is 0.310 e. The van der Waals surface area contributed by atoms with Gasteiger partial charge in [0.25, 0.3) is 0 Å². The molecule has 1 fully saturated rings. The van der Waals surface area contributed by atoms with Crippen molar-refractivity contribution in [3.05, 3.63) is 52.0 Å². The first-order valence-electron chi connectivity index (χ1n) is 13.3. The maximum absolute atomic E-state index is 11.9. The highest BCUT2D eigenvalue weighted by Gasteiger charge is 2.19. The molecule has 0 aliphatic carbocycles. The van der Waals surface area contributed by atoms with Crippen LogP contribution >= 0.6 is 23.2 Å². The molecule has 0 amide bonds. The number of aryl methyl sites for hydroxylation is 1. The van der Waals surface area contributed by atoms with Crippen LogP contribution in [0.5, 0.6) is 5.75 Å². The van der Waals surface area contributed by atoms with Crippen LogP contribution in [-0.4, -0.2) is 70.3 Å². The minimum atomic E-state index is -0.242. The Labute approximate surface area is 236 Å². The summed E-state index contributed by atoms with van der Waals surface area (Å²) < 4.78 is 11.4. The third-order valence-corrected chi connectivity index (χ3v) is 7.46. The maximum atomic E-state index is 11.9. The van der Waals surface area contributed by atoms with E-state index in [0.29, 0.717) is 29.5 Å². The molecule has 0 N–H and O–H groups in total. The number of carbonyl (C=O) groups excluding carboxylic acids is 2. The van der Waals surface area contributed by atoms with Gasteiger partial charge < -0.3 is 24.1 Å². The molecule has 7 nitrogen and oxygen atoms in total. The van der Waals surface area contributed by atoms with E-state index < -0.39 is 0 Å². The highest BCUT2D eigenvalue weighted by atomic mass is 35.5. The molecular formula is C29H39Cl2N3O4. The Morgan fingerprint density at radius 3 is 2.58 bits per heavy atom. The number of piperazine rings is 1. The Hall–Kier alpha value is -2.48. The molecule has 9 heteroatoms. The molecule has 1 saturated heterocycles. The Bertz CT molecular complexity index is 1060. The van der Waals surface area contributed by atoms with Gasteiger partial charge in [0.05, 0.1) is 28.3 Å². The van der Waals surface area contributed by atoms with Crippen molar-refractivity contribution >= 4 is 46.8 Å². The lowest BCUT2D eigenvalue weighted by Crippen LogP contribution is -2.46. The molecule has 0 unspecified atom stereocenters. The van der Waals surface area contributed by atoms with E-state index in [1.165, 1.54) is 0 Å². The summed E-state index contributed by atoms with van der Waals surface area (Å²) in [5, 5.41) is 1.22. The number of hydrogen-bond donors (Lipinski definition) is 0. The molecule has 208 valence electrons. The summed E-state index contributed by atoms with van der Waals surface area (Å²) in [6.07, 6.45) is 3.97. The summed E-state index contributed by atoms with van der Waals surface area (Å²) in [4.78, 5) is 29.5. The molecule has 1 heterocycles. The first-order valence-corrected chi connectivity index (χ1v) is 14.0. The average Bonchev–Trinajstić information content (AvgIpc) is 2.92. The zero-order chi connectivity index (χ0) is 27.5. The number of ether oxygens (including phenoxy) is 2. The highest BCUT2D eigenvalue weighted by molar-refractivity contribution is 6.43. The summed E-state index contributed by atoms with van der Waals surface area (Å²) in [5.41, 5.74) is 2.93. The molecule has 0 spiro atoms. The van der Waals surface area contributed by atoms with Crippen molar-refractivity contribution in [1.82, 2.24) is 4.90 Å². The number of unbranched alkanes of at least 4 members (excludes halogenated alkanes) is 1. The van der Waals surface area contributed by atoms with Gasteiger partial charge in [-0.15, -0.1) is 0 Å². The predicted octanol–water partition coefficient (Wildman–Crippen LogP) is 5.70. The van der Waals surface area contributed by atoms with E-state index in [1.54, 1.807) is 0 Å². The van der Waals surface area contributed by atoms with Gasteiger partial charge in [0.15, 0.2) is 6.73 Å². The normalized spacial score (nSPS) is 14.0. The van der Waals surface area contributed by atoms with Crippen LogP contribution in [0.1, 0.15) is 38.7 Å². The fourth-order valence-corrected chi connectivity index (χ4v) is 4.80. The predicted molar refractivity (Wildman–Crippen MR) is 155 cm³/mol. The van der Waals surface area contributed by atoms with E-state index in [2.05, 4.69) is 9.80 Å². The van der Waals surface area contributed by atoms with Crippen molar-refractivity contribution in [1.29, 1.82) is 0 Å². The standard InChI is InChI=1S/C29H39Cl2N3O4/c1-22(2)29(36)38-21-32(3)27-20-24(12-11-23(27)8-7-18-35)37-19-5-4-13-33-14-16-34(17-15-33)26-10-6-9-25(30)28(26)31/h6,9-12,18,20,22H,4-5,7-8,13-17,19,21H2,1-3H3. The SMILES string of the molecule is CC(C)C(=O)OCN(C)c1cc(OCCCCN2CCN(c3cccc(Cl)c3Cl)CC2)ccc1CCC=O. The van der Waals surface area contributed by atoms with Crippen molar-refractivity contribution in [2.75, 3.05) is 62.9 Å². The molecule has 0 atom stereocenters. The molecule has 0 saturated carbocycles. The number of halogens is 2. The Morgan fingerprint density at radius 2 is 1.87 bits per heavy atom. The van der Waals surface area contributed by atoms with Gasteiger partial charge in [-0.2, -0.15) is 0 Å². The second kappa shape index (κ2) is 15.2. The van der Waals surface area contributed by atoms with Gasteiger partial charge >= 0.3 is 5.97 Å². The van der Waals surface area contributed by atoms with E-state index in [4.69, 9.17) is 32.7 Å². The first kappa shape index (κ1) is 30.1. The van der Waals surface area contributed by atoms with E-state index in [1.807, 2.05) is 62.2 Å². The van der Waals surface area contributed by atoms with E-state index in [0.717, 1.165) is 74.5 Å². The van der Waals surface area contributed by atoms with Crippen molar-refractivity contribution in [3.8, 4) is 5.75 Å².